The predicted octanol–water partition coefficient (Wildman–Crippen LogP) is 1.91. The summed E-state index contributed by atoms with van der Waals surface area (Å²) in [5.41, 5.74) is 1.01. The summed E-state index contributed by atoms with van der Waals surface area (Å²) in [4.78, 5) is 12.3. The smallest absolute Gasteiger partial charge is 0.222 e. The Hall–Kier alpha value is -1.67. The number of aliphatic hydroxyl groups is 1. The molecule has 3 aliphatic rings. The standard InChI is InChI=1S/C23H34N2O5/c1-28-17-9-7-15(8-10-17)13-25-21(26)12-18-11-19-23(29-18)22(27)20(30-19)14-24-16-5-3-2-4-6-16/h7-10,16,18-20,22-24,27H,2-6,11-14H2,1H3,(H,25,26). The number of hydrogen-bond donors (Lipinski definition) is 3. The largest absolute Gasteiger partial charge is 0.497 e. The van der Waals surface area contributed by atoms with Gasteiger partial charge in [0.15, 0.2) is 0 Å². The molecule has 2 aliphatic heterocycles. The van der Waals surface area contributed by atoms with Crippen LogP contribution in [0.2, 0.25) is 0 Å². The monoisotopic (exact) mass is 418 g/mol. The van der Waals surface area contributed by atoms with Crippen LogP contribution in [-0.2, 0) is 20.8 Å². The molecule has 166 valence electrons. The lowest BCUT2D eigenvalue weighted by Gasteiger charge is -2.26. The van der Waals surface area contributed by atoms with Crippen LogP contribution in [-0.4, -0.2) is 61.2 Å². The zero-order chi connectivity index (χ0) is 20.9. The van der Waals surface area contributed by atoms with Crippen molar-refractivity contribution in [1.29, 1.82) is 0 Å². The summed E-state index contributed by atoms with van der Waals surface area (Å²) in [5, 5.41) is 17.1. The molecule has 2 heterocycles. The molecule has 1 aliphatic carbocycles. The summed E-state index contributed by atoms with van der Waals surface area (Å²) in [6, 6.07) is 8.16. The van der Waals surface area contributed by atoms with Crippen LogP contribution in [0.15, 0.2) is 24.3 Å². The summed E-state index contributed by atoms with van der Waals surface area (Å²) in [5.74, 6) is 0.738. The van der Waals surface area contributed by atoms with Gasteiger partial charge in [0.25, 0.3) is 0 Å². The molecule has 0 aromatic heterocycles. The number of ether oxygens (including phenoxy) is 3. The molecule has 3 N–H and O–H groups in total. The molecule has 7 heteroatoms. The minimum Gasteiger partial charge on any atom is -0.497 e. The second-order valence-electron chi connectivity index (χ2n) is 8.73. The molecule has 0 radical (unpaired) electrons. The van der Waals surface area contributed by atoms with Crippen molar-refractivity contribution in [3.8, 4) is 5.75 Å². The molecule has 7 nitrogen and oxygen atoms in total. The van der Waals surface area contributed by atoms with Crippen LogP contribution in [0.3, 0.4) is 0 Å². The number of hydrogen-bond acceptors (Lipinski definition) is 6. The second kappa shape index (κ2) is 10.1. The van der Waals surface area contributed by atoms with Gasteiger partial charge >= 0.3 is 0 Å². The van der Waals surface area contributed by atoms with Crippen LogP contribution < -0.4 is 15.4 Å². The molecule has 2 saturated heterocycles. The highest BCUT2D eigenvalue weighted by Gasteiger charge is 2.50. The zero-order valence-corrected chi connectivity index (χ0v) is 17.7. The maximum atomic E-state index is 12.3. The Morgan fingerprint density at radius 3 is 2.63 bits per heavy atom. The van der Waals surface area contributed by atoms with Gasteiger partial charge in [-0.25, -0.2) is 0 Å². The first-order valence-electron chi connectivity index (χ1n) is 11.2. The molecule has 5 unspecified atom stereocenters. The molecular formula is C23H34N2O5. The first-order valence-corrected chi connectivity index (χ1v) is 11.2. The van der Waals surface area contributed by atoms with E-state index in [-0.39, 0.29) is 36.7 Å². The van der Waals surface area contributed by atoms with E-state index in [1.807, 2.05) is 24.3 Å². The van der Waals surface area contributed by atoms with Crippen LogP contribution in [0.25, 0.3) is 0 Å². The highest BCUT2D eigenvalue weighted by atomic mass is 16.6. The third-order valence-corrected chi connectivity index (χ3v) is 6.55. The van der Waals surface area contributed by atoms with E-state index >= 15 is 0 Å². The average Bonchev–Trinajstić information content (AvgIpc) is 3.30. The fourth-order valence-electron chi connectivity index (χ4n) is 4.82. The first-order chi connectivity index (χ1) is 14.6. The lowest BCUT2D eigenvalue weighted by Crippen LogP contribution is -2.42. The van der Waals surface area contributed by atoms with Crippen molar-refractivity contribution in [2.75, 3.05) is 13.7 Å². The number of methoxy groups -OCH3 is 1. The van der Waals surface area contributed by atoms with Gasteiger partial charge in [-0.3, -0.25) is 4.79 Å². The zero-order valence-electron chi connectivity index (χ0n) is 17.7. The van der Waals surface area contributed by atoms with Gasteiger partial charge in [-0.1, -0.05) is 31.4 Å². The Morgan fingerprint density at radius 1 is 1.17 bits per heavy atom. The van der Waals surface area contributed by atoms with Gasteiger partial charge in [0.1, 0.15) is 18.0 Å². The third kappa shape index (κ3) is 5.32. The molecule has 4 rings (SSSR count). The van der Waals surface area contributed by atoms with Crippen LogP contribution in [0, 0.1) is 0 Å². The molecule has 1 aromatic carbocycles. The van der Waals surface area contributed by atoms with E-state index < -0.39 is 6.10 Å². The Kier molecular flexibility index (Phi) is 7.25. The van der Waals surface area contributed by atoms with Crippen molar-refractivity contribution < 1.29 is 24.1 Å². The Morgan fingerprint density at radius 2 is 1.93 bits per heavy atom. The molecule has 1 aromatic rings. The van der Waals surface area contributed by atoms with Crippen LogP contribution >= 0.6 is 0 Å². The van der Waals surface area contributed by atoms with Crippen molar-refractivity contribution in [3.63, 3.8) is 0 Å². The summed E-state index contributed by atoms with van der Waals surface area (Å²) >= 11 is 0. The number of nitrogens with one attached hydrogen (secondary N) is 2. The predicted molar refractivity (Wildman–Crippen MR) is 112 cm³/mol. The number of benzene rings is 1. The maximum Gasteiger partial charge on any atom is 0.222 e. The topological polar surface area (TPSA) is 89.1 Å². The Labute approximate surface area is 178 Å². The Balaban J connectivity index is 1.17. The highest BCUT2D eigenvalue weighted by Crippen LogP contribution is 2.35. The lowest BCUT2D eigenvalue weighted by atomic mass is 9.95. The van der Waals surface area contributed by atoms with E-state index in [9.17, 15) is 9.90 Å². The van der Waals surface area contributed by atoms with Crippen molar-refractivity contribution in [3.05, 3.63) is 29.8 Å². The van der Waals surface area contributed by atoms with Crippen LogP contribution in [0.1, 0.15) is 50.5 Å². The second-order valence-corrected chi connectivity index (χ2v) is 8.73. The molecule has 0 spiro atoms. The van der Waals surface area contributed by atoms with Crippen LogP contribution in [0.4, 0.5) is 0 Å². The number of carbonyl (C=O) groups excluding carboxylic acids is 1. The van der Waals surface area contributed by atoms with Gasteiger partial charge in [0.2, 0.25) is 5.91 Å². The summed E-state index contributed by atoms with van der Waals surface area (Å²) in [7, 11) is 1.63. The maximum absolute atomic E-state index is 12.3. The fraction of sp³-hybridized carbons (Fsp3) is 0.696. The fourth-order valence-corrected chi connectivity index (χ4v) is 4.82. The van der Waals surface area contributed by atoms with Gasteiger partial charge in [-0.05, 0) is 30.5 Å². The normalized spacial score (nSPS) is 31.5. The van der Waals surface area contributed by atoms with Crippen molar-refractivity contribution in [2.45, 2.75) is 88.1 Å². The molecule has 30 heavy (non-hydrogen) atoms. The lowest BCUT2D eigenvalue weighted by molar-refractivity contribution is -0.124. The molecule has 5 atom stereocenters. The van der Waals surface area contributed by atoms with E-state index in [4.69, 9.17) is 14.2 Å². The number of amides is 1. The molecular weight excluding hydrogens is 384 g/mol. The number of rotatable bonds is 8. The summed E-state index contributed by atoms with van der Waals surface area (Å²) in [6.45, 7) is 1.13. The van der Waals surface area contributed by atoms with Gasteiger partial charge in [-0.15, -0.1) is 0 Å². The summed E-state index contributed by atoms with van der Waals surface area (Å²) in [6.07, 6.45) is 5.70. The van der Waals surface area contributed by atoms with Crippen molar-refractivity contribution >= 4 is 5.91 Å². The van der Waals surface area contributed by atoms with Gasteiger partial charge < -0.3 is 30.0 Å². The van der Waals surface area contributed by atoms with Crippen molar-refractivity contribution in [1.82, 2.24) is 10.6 Å². The third-order valence-electron chi connectivity index (χ3n) is 6.55. The minimum absolute atomic E-state index is 0.0548. The average molecular weight is 419 g/mol. The Bertz CT molecular complexity index is 691. The van der Waals surface area contributed by atoms with E-state index in [0.29, 0.717) is 25.6 Å². The number of carbonyl (C=O) groups is 1. The first kappa shape index (κ1) is 21.6. The van der Waals surface area contributed by atoms with E-state index in [1.54, 1.807) is 7.11 Å². The van der Waals surface area contributed by atoms with E-state index in [1.165, 1.54) is 32.1 Å². The van der Waals surface area contributed by atoms with E-state index in [0.717, 1.165) is 11.3 Å². The minimum atomic E-state index is -0.640. The molecule has 0 bridgehead atoms. The molecule has 1 saturated carbocycles. The van der Waals surface area contributed by atoms with Gasteiger partial charge in [-0.2, -0.15) is 0 Å². The molecule has 3 fully saturated rings. The van der Waals surface area contributed by atoms with Crippen molar-refractivity contribution in [2.24, 2.45) is 0 Å². The van der Waals surface area contributed by atoms with E-state index in [2.05, 4.69) is 10.6 Å². The highest BCUT2D eigenvalue weighted by molar-refractivity contribution is 5.76. The van der Waals surface area contributed by atoms with Gasteiger partial charge in [0.05, 0.1) is 31.8 Å². The number of fused-ring (bicyclic) bond motifs is 1. The summed E-state index contributed by atoms with van der Waals surface area (Å²) < 4.78 is 17.2. The van der Waals surface area contributed by atoms with Crippen LogP contribution in [0.5, 0.6) is 5.75 Å². The van der Waals surface area contributed by atoms with Gasteiger partial charge in [0, 0.05) is 25.6 Å². The SMILES string of the molecule is COc1ccc(CNC(=O)CC2CC3OC(CNC4CCCCC4)C(O)C3O2)cc1. The number of aliphatic hydroxyl groups excluding tert-OH is 1. The quantitative estimate of drug-likeness (QED) is 0.598. The molecule has 1 amide bonds.